The molecule has 0 aliphatic carbocycles. The van der Waals surface area contributed by atoms with Crippen molar-refractivity contribution in [2.45, 2.75) is 26.7 Å². The van der Waals surface area contributed by atoms with Crippen molar-refractivity contribution in [1.82, 2.24) is 9.66 Å². The van der Waals surface area contributed by atoms with Crippen LogP contribution in [0.25, 0.3) is 6.08 Å². The average molecular weight is 381 g/mol. The highest BCUT2D eigenvalue weighted by Gasteiger charge is 2.25. The molecule has 1 aromatic rings. The zero-order valence-corrected chi connectivity index (χ0v) is 16.2. The number of anilines is 1. The van der Waals surface area contributed by atoms with E-state index >= 15 is 0 Å². The lowest BCUT2D eigenvalue weighted by atomic mass is 10.3. The maximum absolute atomic E-state index is 13.0. The molecule has 142 valence electrons. The summed E-state index contributed by atoms with van der Waals surface area (Å²) in [5.41, 5.74) is 5.99. The smallest absolute Gasteiger partial charge is 0.225 e. The molecule has 3 N–H and O–H groups in total. The second-order valence-electron chi connectivity index (χ2n) is 5.24. The van der Waals surface area contributed by atoms with Crippen LogP contribution in [0.15, 0.2) is 23.8 Å². The first-order valence-electron chi connectivity index (χ1n) is 7.87. The van der Waals surface area contributed by atoms with Crippen LogP contribution in [-0.4, -0.2) is 40.7 Å². The quantitative estimate of drug-likeness (QED) is 0.558. The minimum absolute atomic E-state index is 0.115. The Morgan fingerprint density at radius 3 is 2.65 bits per heavy atom. The summed E-state index contributed by atoms with van der Waals surface area (Å²) >= 11 is -0.170. The van der Waals surface area contributed by atoms with Crippen LogP contribution < -0.4 is 15.6 Å². The molecule has 1 amide bonds. The summed E-state index contributed by atoms with van der Waals surface area (Å²) in [4.78, 5) is 21.5. The lowest BCUT2D eigenvalue weighted by Gasteiger charge is -2.28. The number of aliphatic imine (C=N–C) groups is 1. The van der Waals surface area contributed by atoms with E-state index in [1.807, 2.05) is 19.9 Å². The predicted octanol–water partition coefficient (Wildman–Crippen LogP) is 2.45. The molecule has 1 rings (SSSR count). The number of rotatable bonds is 7. The van der Waals surface area contributed by atoms with Gasteiger partial charge in [0.05, 0.1) is 12.1 Å². The Balaban J connectivity index is 3.66. The van der Waals surface area contributed by atoms with Crippen molar-refractivity contribution in [1.29, 1.82) is 5.41 Å². The van der Waals surface area contributed by atoms with Crippen molar-refractivity contribution >= 4 is 41.0 Å². The van der Waals surface area contributed by atoms with E-state index in [0.29, 0.717) is 29.6 Å². The third-order valence-corrected chi connectivity index (χ3v) is 3.94. The van der Waals surface area contributed by atoms with E-state index < -0.39 is 5.91 Å². The summed E-state index contributed by atoms with van der Waals surface area (Å²) in [6, 6.07) is 0. The Hall–Kier alpha value is -2.62. The first kappa shape index (κ1) is 21.4. The molecule has 0 aromatic carbocycles. The van der Waals surface area contributed by atoms with Gasteiger partial charge in [-0.15, -0.1) is 0 Å². The molecule has 0 aliphatic heterocycles. The molecule has 0 saturated heterocycles. The largest absolute Gasteiger partial charge is 0.369 e. The molecule has 0 radical (unpaired) electrons. The Bertz CT molecular complexity index is 741. The maximum atomic E-state index is 13.0. The predicted molar refractivity (Wildman–Crippen MR) is 107 cm³/mol. The van der Waals surface area contributed by atoms with Crippen molar-refractivity contribution in [3.05, 3.63) is 30.4 Å². The molecule has 0 spiro atoms. The maximum Gasteiger partial charge on any atom is 0.225 e. The van der Waals surface area contributed by atoms with Gasteiger partial charge in [-0.1, -0.05) is 19.6 Å². The van der Waals surface area contributed by atoms with E-state index in [2.05, 4.69) is 16.6 Å². The summed E-state index contributed by atoms with van der Waals surface area (Å²) in [5, 5.41) is 9.12. The number of carbonyl (C=O) groups is 1. The second-order valence-corrected chi connectivity index (χ2v) is 5.78. The molecule has 0 bridgehead atoms. The van der Waals surface area contributed by atoms with Gasteiger partial charge in [-0.05, 0) is 19.4 Å². The van der Waals surface area contributed by atoms with Crippen LogP contribution in [0, 0.1) is 5.41 Å². The highest BCUT2D eigenvalue weighted by molar-refractivity contribution is 8.09. The number of primary amides is 1. The zero-order chi connectivity index (χ0) is 19.9. The Labute approximate surface area is 157 Å². The van der Waals surface area contributed by atoms with Gasteiger partial charge in [0.15, 0.2) is 16.8 Å². The third kappa shape index (κ3) is 4.72. The van der Waals surface area contributed by atoms with Gasteiger partial charge in [-0.25, -0.2) is 14.7 Å². The van der Waals surface area contributed by atoms with Gasteiger partial charge in [0.25, 0.3) is 0 Å². The number of nitrogens with zero attached hydrogens (tertiary/aromatic N) is 5. The first-order chi connectivity index (χ1) is 12.3. The number of imidazole rings is 1. The summed E-state index contributed by atoms with van der Waals surface area (Å²) in [7, 11) is 3.26. The second kappa shape index (κ2) is 9.76. The molecule has 0 fully saturated rings. The number of aromatic nitrogens is 2. The van der Waals surface area contributed by atoms with Crippen LogP contribution in [0.3, 0.4) is 0 Å². The van der Waals surface area contributed by atoms with E-state index in [1.165, 1.54) is 11.1 Å². The molecule has 0 aliphatic rings. The van der Waals surface area contributed by atoms with Crippen LogP contribution in [0.2, 0.25) is 0 Å². The minimum Gasteiger partial charge on any atom is -0.369 e. The van der Waals surface area contributed by atoms with Crippen LogP contribution in [0.5, 0.6) is 0 Å². The van der Waals surface area contributed by atoms with Gasteiger partial charge < -0.3 is 10.6 Å². The third-order valence-electron chi connectivity index (χ3n) is 3.52. The average Bonchev–Trinajstić information content (AvgIpc) is 2.97. The molecule has 0 atom stereocenters. The van der Waals surface area contributed by atoms with E-state index in [0.717, 1.165) is 0 Å². The standard InChI is InChI=1S/C16H24FN7OS/c1-6-9-13-21-11(7-2)15(22(4)16(19)26-17)24(13)23(5)14(20-8-3)10-12(18)25/h6,8-9,19H,3,7,10H2,1-2,4-5H3,(H2,18,25)/b9-6-,19-16?,20-14-. The SMILES string of the molecule is C=C/N=C(/CC(N)=O)N(C)n1c(/C=C\C)nc(CC)c1N(C)C(=N)SF. The first-order valence-corrected chi connectivity index (χ1v) is 8.58. The van der Waals surface area contributed by atoms with Crippen molar-refractivity contribution in [3.63, 3.8) is 0 Å². The van der Waals surface area contributed by atoms with Crippen molar-refractivity contribution < 1.29 is 8.68 Å². The molecular formula is C16H24FN7OS. The van der Waals surface area contributed by atoms with Crippen molar-refractivity contribution in [3.8, 4) is 0 Å². The fourth-order valence-electron chi connectivity index (χ4n) is 2.36. The molecule has 0 saturated carbocycles. The fourth-order valence-corrected chi connectivity index (χ4v) is 2.55. The number of hydrogen-bond donors (Lipinski definition) is 2. The Morgan fingerprint density at radius 1 is 1.54 bits per heavy atom. The molecule has 10 heteroatoms. The molecule has 1 aromatic heterocycles. The van der Waals surface area contributed by atoms with E-state index in [9.17, 15) is 8.68 Å². The van der Waals surface area contributed by atoms with Crippen LogP contribution in [0.4, 0.5) is 9.70 Å². The highest BCUT2D eigenvalue weighted by atomic mass is 32.2. The number of hydrogen-bond acceptors (Lipinski definition) is 5. The highest BCUT2D eigenvalue weighted by Crippen LogP contribution is 2.26. The number of amides is 1. The monoisotopic (exact) mass is 381 g/mol. The normalized spacial score (nSPS) is 11.7. The molecule has 0 unspecified atom stereocenters. The Kier molecular flexibility index (Phi) is 8.04. The lowest BCUT2D eigenvalue weighted by molar-refractivity contribution is -0.116. The number of carbonyl (C=O) groups excluding carboxylic acids is 1. The zero-order valence-electron chi connectivity index (χ0n) is 15.4. The van der Waals surface area contributed by atoms with Crippen LogP contribution in [-0.2, 0) is 11.2 Å². The number of nitrogens with one attached hydrogen (secondary N) is 1. The van der Waals surface area contributed by atoms with Gasteiger partial charge in [0.1, 0.15) is 18.0 Å². The van der Waals surface area contributed by atoms with Gasteiger partial charge in [-0.2, -0.15) is 3.89 Å². The van der Waals surface area contributed by atoms with E-state index in [1.54, 1.807) is 29.9 Å². The van der Waals surface area contributed by atoms with E-state index in [4.69, 9.17) is 11.1 Å². The summed E-state index contributed by atoms with van der Waals surface area (Å²) < 4.78 is 14.7. The molecule has 8 nitrogen and oxygen atoms in total. The molecule has 1 heterocycles. The van der Waals surface area contributed by atoms with Crippen LogP contribution in [0.1, 0.15) is 31.8 Å². The van der Waals surface area contributed by atoms with Gasteiger partial charge in [0.2, 0.25) is 5.91 Å². The molecular weight excluding hydrogens is 357 g/mol. The van der Waals surface area contributed by atoms with Gasteiger partial charge in [0, 0.05) is 20.3 Å². The topological polar surface area (TPSA) is 104 Å². The van der Waals surface area contributed by atoms with E-state index in [-0.39, 0.29) is 23.7 Å². The summed E-state index contributed by atoms with van der Waals surface area (Å²) in [5.74, 6) is 0.835. The van der Waals surface area contributed by atoms with Crippen LogP contribution >= 0.6 is 12.1 Å². The van der Waals surface area contributed by atoms with Gasteiger partial charge in [-0.3, -0.25) is 15.2 Å². The number of halogens is 1. The van der Waals surface area contributed by atoms with Gasteiger partial charge >= 0.3 is 0 Å². The number of aryl methyl sites for hydroxylation is 1. The summed E-state index contributed by atoms with van der Waals surface area (Å²) in [6.45, 7) is 7.32. The lowest BCUT2D eigenvalue weighted by Crippen LogP contribution is -2.42. The number of nitrogens with two attached hydrogens (primary N) is 1. The fraction of sp³-hybridized carbons (Fsp3) is 0.375. The molecule has 26 heavy (non-hydrogen) atoms. The van der Waals surface area contributed by atoms with Crippen molar-refractivity contribution in [2.24, 2.45) is 10.7 Å². The Morgan fingerprint density at radius 2 is 2.19 bits per heavy atom. The van der Waals surface area contributed by atoms with Crippen molar-refractivity contribution in [2.75, 3.05) is 24.0 Å². The number of allylic oxidation sites excluding steroid dienone is 1. The summed E-state index contributed by atoms with van der Waals surface area (Å²) in [6.07, 6.45) is 5.35. The number of amidine groups is 2. The minimum atomic E-state index is -0.553.